The second kappa shape index (κ2) is 6.67. The quantitative estimate of drug-likeness (QED) is 0.739. The van der Waals surface area contributed by atoms with E-state index in [1.807, 2.05) is 0 Å². The number of carboxylic acids is 1. The minimum Gasteiger partial charge on any atom is -0.481 e. The van der Waals surface area contributed by atoms with Crippen molar-refractivity contribution in [1.29, 1.82) is 0 Å². The first kappa shape index (κ1) is 14.7. The second-order valence-corrected chi connectivity index (χ2v) is 5.08. The molecule has 2 aromatic rings. The van der Waals surface area contributed by atoms with Crippen molar-refractivity contribution in [3.05, 3.63) is 46.7 Å². The molecule has 108 valence electrons. The maximum atomic E-state index is 11.9. The highest BCUT2D eigenvalue weighted by Gasteiger charge is 2.09. The van der Waals surface area contributed by atoms with Gasteiger partial charge in [-0.3, -0.25) is 14.4 Å². The Kier molecular flexibility index (Phi) is 4.68. The number of carboxylic acid groups (broad SMARTS) is 1. The highest BCUT2D eigenvalue weighted by molar-refractivity contribution is 7.12. The van der Waals surface area contributed by atoms with E-state index in [9.17, 15) is 14.4 Å². The molecule has 21 heavy (non-hydrogen) atoms. The lowest BCUT2D eigenvalue weighted by Gasteiger charge is -2.07. The summed E-state index contributed by atoms with van der Waals surface area (Å²) in [5.41, 5.74) is 0.937. The van der Waals surface area contributed by atoms with Crippen LogP contribution in [0.15, 0.2) is 41.8 Å². The second-order valence-electron chi connectivity index (χ2n) is 4.13. The molecule has 0 saturated heterocycles. The van der Waals surface area contributed by atoms with E-state index in [1.165, 1.54) is 11.3 Å². The number of carbonyl (C=O) groups is 3. The Morgan fingerprint density at radius 1 is 1.05 bits per heavy atom. The summed E-state index contributed by atoms with van der Waals surface area (Å²) in [6.45, 7) is 0. The van der Waals surface area contributed by atoms with Crippen molar-refractivity contribution in [2.24, 2.45) is 0 Å². The van der Waals surface area contributed by atoms with Crippen LogP contribution in [-0.2, 0) is 9.59 Å². The fraction of sp³-hybridized carbons (Fsp3) is 0.0714. The van der Waals surface area contributed by atoms with Gasteiger partial charge in [0.1, 0.15) is 6.42 Å². The third kappa shape index (κ3) is 4.43. The number of hydrogen-bond donors (Lipinski definition) is 3. The molecule has 0 spiro atoms. The molecule has 0 bridgehead atoms. The van der Waals surface area contributed by atoms with Crippen LogP contribution in [0.1, 0.15) is 16.1 Å². The average Bonchev–Trinajstić information content (AvgIpc) is 2.91. The molecule has 2 amide bonds. The number of rotatable bonds is 5. The lowest BCUT2D eigenvalue weighted by molar-refractivity contribution is -0.139. The van der Waals surface area contributed by atoms with Crippen molar-refractivity contribution in [2.75, 3.05) is 10.6 Å². The first-order valence-corrected chi connectivity index (χ1v) is 6.89. The van der Waals surface area contributed by atoms with E-state index in [-0.39, 0.29) is 5.91 Å². The SMILES string of the molecule is O=C(O)CC(=O)Nc1cccc(NC(=O)c2cccs2)c1. The smallest absolute Gasteiger partial charge is 0.312 e. The van der Waals surface area contributed by atoms with Gasteiger partial charge < -0.3 is 15.7 Å². The molecule has 1 aromatic carbocycles. The van der Waals surface area contributed by atoms with E-state index in [0.717, 1.165) is 0 Å². The van der Waals surface area contributed by atoms with Crippen LogP contribution in [0.25, 0.3) is 0 Å². The Balaban J connectivity index is 2.02. The van der Waals surface area contributed by atoms with E-state index in [4.69, 9.17) is 5.11 Å². The Morgan fingerprint density at radius 2 is 1.76 bits per heavy atom. The molecule has 0 unspecified atom stereocenters. The summed E-state index contributed by atoms with van der Waals surface area (Å²) in [6.07, 6.45) is -0.605. The van der Waals surface area contributed by atoms with Crippen LogP contribution < -0.4 is 10.6 Å². The summed E-state index contributed by atoms with van der Waals surface area (Å²) in [5.74, 6) is -2.06. The zero-order valence-corrected chi connectivity index (χ0v) is 11.6. The third-order valence-electron chi connectivity index (χ3n) is 2.46. The van der Waals surface area contributed by atoms with Crippen LogP contribution in [0.4, 0.5) is 11.4 Å². The average molecular weight is 304 g/mol. The van der Waals surface area contributed by atoms with Gasteiger partial charge in [0.2, 0.25) is 5.91 Å². The lowest BCUT2D eigenvalue weighted by atomic mass is 10.2. The standard InChI is InChI=1S/C14H12N2O4S/c17-12(8-13(18)19)15-9-3-1-4-10(7-9)16-14(20)11-5-2-6-21-11/h1-7H,8H2,(H,15,17)(H,16,20)(H,18,19). The van der Waals surface area contributed by atoms with E-state index >= 15 is 0 Å². The molecule has 7 heteroatoms. The van der Waals surface area contributed by atoms with Crippen molar-refractivity contribution >= 4 is 40.5 Å². The van der Waals surface area contributed by atoms with E-state index in [2.05, 4.69) is 10.6 Å². The van der Waals surface area contributed by atoms with Gasteiger partial charge in [-0.2, -0.15) is 0 Å². The molecule has 0 saturated carbocycles. The van der Waals surface area contributed by atoms with Crippen molar-refractivity contribution in [1.82, 2.24) is 0 Å². The van der Waals surface area contributed by atoms with Crippen LogP contribution >= 0.6 is 11.3 Å². The summed E-state index contributed by atoms with van der Waals surface area (Å²) in [7, 11) is 0. The molecule has 0 fully saturated rings. The van der Waals surface area contributed by atoms with Gasteiger partial charge in [0.25, 0.3) is 5.91 Å². The number of thiophene rings is 1. The molecule has 0 aliphatic rings. The van der Waals surface area contributed by atoms with Crippen molar-refractivity contribution in [3.8, 4) is 0 Å². The van der Waals surface area contributed by atoms with Gasteiger partial charge in [-0.25, -0.2) is 0 Å². The minimum atomic E-state index is -1.20. The summed E-state index contributed by atoms with van der Waals surface area (Å²) in [4.78, 5) is 34.3. The van der Waals surface area contributed by atoms with Crippen LogP contribution in [-0.4, -0.2) is 22.9 Å². The Morgan fingerprint density at radius 3 is 2.38 bits per heavy atom. The van der Waals surface area contributed by atoms with Crippen LogP contribution in [0.5, 0.6) is 0 Å². The predicted octanol–water partition coefficient (Wildman–Crippen LogP) is 2.41. The zero-order chi connectivity index (χ0) is 15.2. The minimum absolute atomic E-state index is 0.237. The molecule has 0 aliphatic carbocycles. The molecule has 1 heterocycles. The molecule has 6 nitrogen and oxygen atoms in total. The van der Waals surface area contributed by atoms with Gasteiger partial charge in [-0.1, -0.05) is 12.1 Å². The maximum Gasteiger partial charge on any atom is 0.312 e. The van der Waals surface area contributed by atoms with Crippen molar-refractivity contribution in [3.63, 3.8) is 0 Å². The molecular weight excluding hydrogens is 292 g/mol. The van der Waals surface area contributed by atoms with Crippen LogP contribution in [0.2, 0.25) is 0 Å². The predicted molar refractivity (Wildman–Crippen MR) is 79.6 cm³/mol. The molecule has 1 aromatic heterocycles. The number of aliphatic carboxylic acids is 1. The molecule has 2 rings (SSSR count). The third-order valence-corrected chi connectivity index (χ3v) is 3.33. The van der Waals surface area contributed by atoms with E-state index in [0.29, 0.717) is 16.3 Å². The number of anilines is 2. The molecule has 3 N–H and O–H groups in total. The zero-order valence-electron chi connectivity index (χ0n) is 10.8. The van der Waals surface area contributed by atoms with Crippen molar-refractivity contribution < 1.29 is 19.5 Å². The topological polar surface area (TPSA) is 95.5 Å². The summed E-state index contributed by atoms with van der Waals surface area (Å²) < 4.78 is 0. The number of benzene rings is 1. The first-order chi connectivity index (χ1) is 10.0. The van der Waals surface area contributed by atoms with Gasteiger partial charge in [-0.15, -0.1) is 11.3 Å². The largest absolute Gasteiger partial charge is 0.481 e. The highest BCUT2D eigenvalue weighted by Crippen LogP contribution is 2.17. The molecule has 0 atom stereocenters. The van der Waals surface area contributed by atoms with Crippen molar-refractivity contribution in [2.45, 2.75) is 6.42 Å². The summed E-state index contributed by atoms with van der Waals surface area (Å²) in [5, 5.41) is 15.5. The van der Waals surface area contributed by atoms with E-state index in [1.54, 1.807) is 41.8 Å². The van der Waals surface area contributed by atoms with Crippen LogP contribution in [0.3, 0.4) is 0 Å². The Labute approximate surface area is 124 Å². The summed E-state index contributed by atoms with van der Waals surface area (Å²) in [6, 6.07) is 9.99. The fourth-order valence-electron chi connectivity index (χ4n) is 1.62. The monoisotopic (exact) mass is 304 g/mol. The fourth-order valence-corrected chi connectivity index (χ4v) is 2.24. The molecule has 0 aliphatic heterocycles. The van der Waals surface area contributed by atoms with Gasteiger partial charge >= 0.3 is 5.97 Å². The van der Waals surface area contributed by atoms with Crippen LogP contribution in [0, 0.1) is 0 Å². The van der Waals surface area contributed by atoms with Gasteiger partial charge in [0, 0.05) is 11.4 Å². The first-order valence-electron chi connectivity index (χ1n) is 6.01. The normalized spacial score (nSPS) is 9.90. The molecular formula is C14H12N2O4S. The highest BCUT2D eigenvalue weighted by atomic mass is 32.1. The number of carbonyl (C=O) groups excluding carboxylic acids is 2. The van der Waals surface area contributed by atoms with Gasteiger partial charge in [0.15, 0.2) is 0 Å². The number of nitrogens with one attached hydrogen (secondary N) is 2. The molecule has 0 radical (unpaired) electrons. The Bertz CT molecular complexity index is 667. The maximum absolute atomic E-state index is 11.9. The summed E-state index contributed by atoms with van der Waals surface area (Å²) >= 11 is 1.32. The van der Waals surface area contributed by atoms with Gasteiger partial charge in [-0.05, 0) is 29.6 Å². The number of amides is 2. The van der Waals surface area contributed by atoms with Gasteiger partial charge in [0.05, 0.1) is 4.88 Å². The van der Waals surface area contributed by atoms with E-state index < -0.39 is 18.3 Å². The lowest BCUT2D eigenvalue weighted by Crippen LogP contribution is -2.16. The number of hydrogen-bond acceptors (Lipinski definition) is 4. The Hall–Kier alpha value is -2.67.